The van der Waals surface area contributed by atoms with E-state index in [0.29, 0.717) is 15.8 Å². The molecule has 0 saturated carbocycles. The van der Waals surface area contributed by atoms with E-state index in [1.165, 1.54) is 116 Å². The van der Waals surface area contributed by atoms with E-state index in [-0.39, 0.29) is 24.8 Å². The molecule has 0 spiro atoms. The molecule has 4 heteroatoms. The first-order chi connectivity index (χ1) is 15.7. The van der Waals surface area contributed by atoms with Crippen molar-refractivity contribution >= 4 is 40.7 Å². The molecule has 34 heavy (non-hydrogen) atoms. The Morgan fingerprint density at radius 1 is 0.265 bits per heavy atom. The highest BCUT2D eigenvalue weighted by molar-refractivity contribution is 7.57. The summed E-state index contributed by atoms with van der Waals surface area (Å²) in [6.45, 7) is 13.9. The van der Waals surface area contributed by atoms with Crippen molar-refractivity contribution in [3.63, 3.8) is 0 Å². The largest absolute Gasteiger partial charge is 0.147 e. The van der Waals surface area contributed by atoms with Crippen molar-refractivity contribution in [1.29, 1.82) is 0 Å². The van der Waals surface area contributed by atoms with Gasteiger partial charge < -0.3 is 0 Å². The standard InChI is InChI=1S/2C15H33P.2ClH/c2*1-4-7-10-13-16(14-11-8-5-2)15-12-9-6-3;;/h2*4-15H2,1-3H3;2*1H. The van der Waals surface area contributed by atoms with Gasteiger partial charge in [0, 0.05) is 0 Å². The van der Waals surface area contributed by atoms with Gasteiger partial charge >= 0.3 is 0 Å². The van der Waals surface area contributed by atoms with Gasteiger partial charge in [0.05, 0.1) is 0 Å². The summed E-state index contributed by atoms with van der Waals surface area (Å²) in [5, 5.41) is 0. The van der Waals surface area contributed by atoms with Crippen LogP contribution in [0.15, 0.2) is 0 Å². The Hall–Kier alpha value is 1.44. The summed E-state index contributed by atoms with van der Waals surface area (Å²) in [7, 11) is 0.809. The first kappa shape index (κ1) is 42.5. The zero-order valence-corrected chi connectivity index (χ0v) is 28.1. The highest BCUT2D eigenvalue weighted by Gasteiger charge is 2.07. The van der Waals surface area contributed by atoms with Gasteiger partial charge in [-0.1, -0.05) is 119 Å². The Balaban J connectivity index is -0.000000250. The first-order valence-corrected chi connectivity index (χ1v) is 18.9. The predicted octanol–water partition coefficient (Wildman–Crippen LogP) is 12.9. The van der Waals surface area contributed by atoms with Gasteiger partial charge in [0.25, 0.3) is 0 Å². The van der Waals surface area contributed by atoms with Crippen LogP contribution in [0.5, 0.6) is 0 Å². The van der Waals surface area contributed by atoms with Crippen molar-refractivity contribution in [1.82, 2.24) is 0 Å². The van der Waals surface area contributed by atoms with Crippen LogP contribution in [0, 0.1) is 0 Å². The number of halogens is 2. The van der Waals surface area contributed by atoms with Crippen LogP contribution in [-0.4, -0.2) is 37.0 Å². The third-order valence-electron chi connectivity index (χ3n) is 6.47. The molecule has 0 nitrogen and oxygen atoms in total. The molecule has 0 amide bonds. The van der Waals surface area contributed by atoms with E-state index in [4.69, 9.17) is 0 Å². The smallest absolute Gasteiger partial charge is 0.0326 e. The van der Waals surface area contributed by atoms with Gasteiger partial charge in [-0.2, -0.15) is 0 Å². The van der Waals surface area contributed by atoms with Gasteiger partial charge in [-0.3, -0.25) is 0 Å². The van der Waals surface area contributed by atoms with Gasteiger partial charge in [-0.25, -0.2) is 0 Å². The fourth-order valence-corrected chi connectivity index (χ4v) is 9.55. The summed E-state index contributed by atoms with van der Waals surface area (Å²) in [4.78, 5) is 0. The summed E-state index contributed by atoms with van der Waals surface area (Å²) in [6, 6.07) is 0. The monoisotopic (exact) mass is 560 g/mol. The predicted molar refractivity (Wildman–Crippen MR) is 175 cm³/mol. The SMILES string of the molecule is CCCCCP(CCCCC)CCCCC.CCCCCP(CCCCC)CCCCC.Cl.Cl. The van der Waals surface area contributed by atoms with Crippen molar-refractivity contribution in [2.24, 2.45) is 0 Å². The van der Waals surface area contributed by atoms with Gasteiger partial charge in [0.15, 0.2) is 0 Å². The molecular weight excluding hydrogens is 493 g/mol. The van der Waals surface area contributed by atoms with Crippen LogP contribution in [-0.2, 0) is 0 Å². The highest BCUT2D eigenvalue weighted by Crippen LogP contribution is 2.40. The molecule has 0 N–H and O–H groups in total. The second kappa shape index (κ2) is 39.0. The number of hydrogen-bond donors (Lipinski definition) is 0. The quantitative estimate of drug-likeness (QED) is 0.0812. The minimum atomic E-state index is 0. The van der Waals surface area contributed by atoms with Crippen LogP contribution in [0.2, 0.25) is 0 Å². The summed E-state index contributed by atoms with van der Waals surface area (Å²) in [6.07, 6.45) is 35.4. The Morgan fingerprint density at radius 2 is 0.412 bits per heavy atom. The molecule has 0 aromatic heterocycles. The van der Waals surface area contributed by atoms with Crippen LogP contribution < -0.4 is 0 Å². The Kier molecular flexibility index (Phi) is 48.7. The average Bonchev–Trinajstić information content (AvgIpc) is 2.80. The molecule has 0 heterocycles. The molecule has 0 saturated heterocycles. The highest BCUT2D eigenvalue weighted by atomic mass is 35.5. The maximum absolute atomic E-state index is 2.32. The number of rotatable bonds is 24. The molecule has 0 atom stereocenters. The summed E-state index contributed by atoms with van der Waals surface area (Å²) in [5.41, 5.74) is 0. The van der Waals surface area contributed by atoms with E-state index in [1.54, 1.807) is 37.0 Å². The first-order valence-electron chi connectivity index (χ1n) is 15.1. The van der Waals surface area contributed by atoms with Crippen LogP contribution >= 0.6 is 40.7 Å². The summed E-state index contributed by atoms with van der Waals surface area (Å²) < 4.78 is 0. The van der Waals surface area contributed by atoms with Crippen LogP contribution in [0.3, 0.4) is 0 Å². The van der Waals surface area contributed by atoms with E-state index in [1.807, 2.05) is 0 Å². The molecule has 212 valence electrons. The van der Waals surface area contributed by atoms with Crippen molar-refractivity contribution in [3.05, 3.63) is 0 Å². The molecule has 0 rings (SSSR count). The summed E-state index contributed by atoms with van der Waals surface area (Å²) >= 11 is 0. The molecule has 0 bridgehead atoms. The fraction of sp³-hybridized carbons (Fsp3) is 1.00. The minimum Gasteiger partial charge on any atom is -0.147 e. The normalized spacial score (nSPS) is 10.6. The lowest BCUT2D eigenvalue weighted by Crippen LogP contribution is -1.96. The van der Waals surface area contributed by atoms with E-state index in [9.17, 15) is 0 Å². The van der Waals surface area contributed by atoms with Gasteiger partial charge in [0.2, 0.25) is 0 Å². The molecule has 0 aromatic carbocycles. The molecular formula is C30H68Cl2P2. The van der Waals surface area contributed by atoms with Crippen molar-refractivity contribution in [2.45, 2.75) is 157 Å². The molecule has 0 aliphatic rings. The van der Waals surface area contributed by atoms with Crippen molar-refractivity contribution in [3.8, 4) is 0 Å². The Labute approximate surface area is 234 Å². The van der Waals surface area contributed by atoms with Gasteiger partial charge in [-0.05, 0) is 75.5 Å². The third kappa shape index (κ3) is 35.6. The van der Waals surface area contributed by atoms with Crippen molar-refractivity contribution < 1.29 is 0 Å². The Morgan fingerprint density at radius 3 is 0.529 bits per heavy atom. The zero-order valence-electron chi connectivity index (χ0n) is 24.7. The average molecular weight is 562 g/mol. The zero-order chi connectivity index (χ0) is 24.1. The molecule has 0 unspecified atom stereocenters. The molecule has 0 aliphatic heterocycles. The lowest BCUT2D eigenvalue weighted by Gasteiger charge is -2.17. The maximum atomic E-state index is 2.32. The van der Waals surface area contributed by atoms with Gasteiger partial charge in [0.1, 0.15) is 0 Å². The van der Waals surface area contributed by atoms with Crippen LogP contribution in [0.4, 0.5) is 0 Å². The second-order valence-electron chi connectivity index (χ2n) is 9.93. The second-order valence-corrected chi connectivity index (χ2v) is 15.3. The Bertz CT molecular complexity index is 239. The maximum Gasteiger partial charge on any atom is -0.0326 e. The van der Waals surface area contributed by atoms with Crippen LogP contribution in [0.1, 0.15) is 157 Å². The minimum absolute atomic E-state index is 0. The van der Waals surface area contributed by atoms with E-state index in [0.717, 1.165) is 0 Å². The molecule has 0 aliphatic carbocycles. The summed E-state index contributed by atoms with van der Waals surface area (Å²) in [5.74, 6) is 0. The van der Waals surface area contributed by atoms with Crippen LogP contribution in [0.25, 0.3) is 0 Å². The van der Waals surface area contributed by atoms with E-state index in [2.05, 4.69) is 41.5 Å². The molecule has 0 radical (unpaired) electrons. The third-order valence-corrected chi connectivity index (χ3v) is 12.2. The van der Waals surface area contributed by atoms with E-state index < -0.39 is 0 Å². The molecule has 0 fully saturated rings. The number of hydrogen-bond acceptors (Lipinski definition) is 0. The van der Waals surface area contributed by atoms with Gasteiger partial charge in [-0.15, -0.1) is 40.7 Å². The van der Waals surface area contributed by atoms with E-state index >= 15 is 0 Å². The lowest BCUT2D eigenvalue weighted by molar-refractivity contribution is 0.749. The van der Waals surface area contributed by atoms with Crippen molar-refractivity contribution in [2.75, 3.05) is 37.0 Å². The lowest BCUT2D eigenvalue weighted by atomic mass is 10.3. The topological polar surface area (TPSA) is 0 Å². The molecule has 0 aromatic rings. The number of unbranched alkanes of at least 4 members (excludes halogenated alkanes) is 12. The fourth-order valence-electron chi connectivity index (χ4n) is 4.18.